The molecule has 1 aromatic heterocycles. The molecular formula is C13H15NS. The second-order valence-corrected chi connectivity index (χ2v) is 4.76. The fraction of sp³-hybridized carbons (Fsp3) is 0.231. The van der Waals surface area contributed by atoms with Gasteiger partial charge < -0.3 is 5.73 Å². The van der Waals surface area contributed by atoms with Gasteiger partial charge in [-0.15, -0.1) is 11.3 Å². The third-order valence-corrected chi connectivity index (χ3v) is 3.37. The SMILES string of the molecule is CCCc1ccc(-c2ccc(N)s2)cc1. The number of thiophene rings is 1. The summed E-state index contributed by atoms with van der Waals surface area (Å²) in [6.45, 7) is 2.20. The van der Waals surface area contributed by atoms with Crippen LogP contribution in [0.15, 0.2) is 36.4 Å². The summed E-state index contributed by atoms with van der Waals surface area (Å²) >= 11 is 1.64. The first-order chi connectivity index (χ1) is 7.29. The van der Waals surface area contributed by atoms with E-state index in [9.17, 15) is 0 Å². The Morgan fingerprint density at radius 1 is 1.07 bits per heavy atom. The van der Waals surface area contributed by atoms with Crippen LogP contribution in [-0.2, 0) is 6.42 Å². The van der Waals surface area contributed by atoms with E-state index in [1.165, 1.54) is 22.4 Å². The summed E-state index contributed by atoms with van der Waals surface area (Å²) < 4.78 is 0. The molecule has 0 radical (unpaired) electrons. The van der Waals surface area contributed by atoms with Crippen molar-refractivity contribution in [2.45, 2.75) is 19.8 Å². The fourth-order valence-electron chi connectivity index (χ4n) is 1.63. The minimum absolute atomic E-state index is 0.877. The van der Waals surface area contributed by atoms with Crippen molar-refractivity contribution in [3.8, 4) is 10.4 Å². The van der Waals surface area contributed by atoms with Crippen LogP contribution >= 0.6 is 11.3 Å². The minimum Gasteiger partial charge on any atom is -0.391 e. The molecule has 0 bridgehead atoms. The highest BCUT2D eigenvalue weighted by atomic mass is 32.1. The Hall–Kier alpha value is -1.28. The average Bonchev–Trinajstić information content (AvgIpc) is 2.67. The van der Waals surface area contributed by atoms with E-state index in [0.29, 0.717) is 0 Å². The van der Waals surface area contributed by atoms with E-state index in [4.69, 9.17) is 5.73 Å². The molecule has 1 nitrogen and oxygen atoms in total. The first-order valence-electron chi connectivity index (χ1n) is 5.24. The van der Waals surface area contributed by atoms with Crippen LogP contribution in [0.4, 0.5) is 5.00 Å². The molecule has 78 valence electrons. The quantitative estimate of drug-likeness (QED) is 0.827. The first-order valence-corrected chi connectivity index (χ1v) is 6.06. The molecule has 0 amide bonds. The molecule has 0 aliphatic heterocycles. The van der Waals surface area contributed by atoms with Crippen molar-refractivity contribution in [2.24, 2.45) is 0 Å². The van der Waals surface area contributed by atoms with Crippen LogP contribution in [0.25, 0.3) is 10.4 Å². The van der Waals surface area contributed by atoms with Crippen molar-refractivity contribution in [2.75, 3.05) is 5.73 Å². The van der Waals surface area contributed by atoms with Crippen LogP contribution in [0.5, 0.6) is 0 Å². The van der Waals surface area contributed by atoms with Gasteiger partial charge in [-0.05, 0) is 29.7 Å². The number of hydrogen-bond acceptors (Lipinski definition) is 2. The van der Waals surface area contributed by atoms with Gasteiger partial charge in [0.05, 0.1) is 5.00 Å². The Bertz CT molecular complexity index is 428. The molecule has 0 aliphatic carbocycles. The number of hydrogen-bond donors (Lipinski definition) is 1. The van der Waals surface area contributed by atoms with Crippen molar-refractivity contribution < 1.29 is 0 Å². The second kappa shape index (κ2) is 4.49. The lowest BCUT2D eigenvalue weighted by Crippen LogP contribution is -1.82. The van der Waals surface area contributed by atoms with E-state index >= 15 is 0 Å². The maximum atomic E-state index is 5.71. The Morgan fingerprint density at radius 2 is 1.80 bits per heavy atom. The lowest BCUT2D eigenvalue weighted by atomic mass is 10.1. The van der Waals surface area contributed by atoms with Gasteiger partial charge in [0.25, 0.3) is 0 Å². The fourth-order valence-corrected chi connectivity index (χ4v) is 2.41. The summed E-state index contributed by atoms with van der Waals surface area (Å²) in [5.41, 5.74) is 8.38. The molecule has 2 aromatic rings. The Balaban J connectivity index is 2.23. The third-order valence-electron chi connectivity index (χ3n) is 2.40. The van der Waals surface area contributed by atoms with E-state index in [1.54, 1.807) is 11.3 Å². The molecule has 2 N–H and O–H groups in total. The maximum absolute atomic E-state index is 5.71. The van der Waals surface area contributed by atoms with Gasteiger partial charge in [-0.3, -0.25) is 0 Å². The number of nitrogens with two attached hydrogens (primary N) is 1. The zero-order chi connectivity index (χ0) is 10.7. The van der Waals surface area contributed by atoms with Crippen LogP contribution in [0.2, 0.25) is 0 Å². The van der Waals surface area contributed by atoms with Gasteiger partial charge >= 0.3 is 0 Å². The highest BCUT2D eigenvalue weighted by molar-refractivity contribution is 7.19. The molecule has 15 heavy (non-hydrogen) atoms. The summed E-state index contributed by atoms with van der Waals surface area (Å²) in [7, 11) is 0. The van der Waals surface area contributed by atoms with Crippen LogP contribution in [0, 0.1) is 0 Å². The van der Waals surface area contributed by atoms with E-state index in [1.807, 2.05) is 6.07 Å². The molecule has 0 saturated heterocycles. The van der Waals surface area contributed by atoms with Gasteiger partial charge in [-0.1, -0.05) is 37.6 Å². The molecule has 0 unspecified atom stereocenters. The number of benzene rings is 1. The van der Waals surface area contributed by atoms with Crippen molar-refractivity contribution in [1.29, 1.82) is 0 Å². The van der Waals surface area contributed by atoms with Crippen molar-refractivity contribution in [3.05, 3.63) is 42.0 Å². The largest absolute Gasteiger partial charge is 0.391 e. The molecular weight excluding hydrogens is 202 g/mol. The summed E-state index contributed by atoms with van der Waals surface area (Å²) in [6, 6.07) is 12.8. The van der Waals surface area contributed by atoms with Crippen molar-refractivity contribution in [1.82, 2.24) is 0 Å². The van der Waals surface area contributed by atoms with Crippen LogP contribution in [-0.4, -0.2) is 0 Å². The molecule has 0 atom stereocenters. The standard InChI is InChI=1S/C13H15NS/c1-2-3-10-4-6-11(7-5-10)12-8-9-13(14)15-12/h4-9H,2-3,14H2,1H3. The van der Waals surface area contributed by atoms with Crippen LogP contribution in [0.3, 0.4) is 0 Å². The van der Waals surface area contributed by atoms with E-state index < -0.39 is 0 Å². The Morgan fingerprint density at radius 3 is 2.33 bits per heavy atom. The van der Waals surface area contributed by atoms with Crippen molar-refractivity contribution in [3.63, 3.8) is 0 Å². The molecule has 1 heterocycles. The molecule has 0 spiro atoms. The molecule has 1 aromatic carbocycles. The van der Waals surface area contributed by atoms with Gasteiger partial charge in [-0.25, -0.2) is 0 Å². The lowest BCUT2D eigenvalue weighted by Gasteiger charge is -2.00. The van der Waals surface area contributed by atoms with Gasteiger partial charge in [0, 0.05) is 4.88 Å². The maximum Gasteiger partial charge on any atom is 0.0862 e. The predicted molar refractivity (Wildman–Crippen MR) is 68.2 cm³/mol. The monoisotopic (exact) mass is 217 g/mol. The topological polar surface area (TPSA) is 26.0 Å². The summed E-state index contributed by atoms with van der Waals surface area (Å²) in [6.07, 6.45) is 2.36. The second-order valence-electron chi connectivity index (χ2n) is 3.65. The molecule has 0 saturated carbocycles. The first kappa shape index (κ1) is 10.2. The van der Waals surface area contributed by atoms with Crippen LogP contribution in [0.1, 0.15) is 18.9 Å². The average molecular weight is 217 g/mol. The number of rotatable bonds is 3. The normalized spacial score (nSPS) is 10.5. The Kier molecular flexibility index (Phi) is 3.07. The molecule has 2 rings (SSSR count). The summed E-state index contributed by atoms with van der Waals surface area (Å²) in [5.74, 6) is 0. The van der Waals surface area contributed by atoms with Crippen molar-refractivity contribution >= 4 is 16.3 Å². The zero-order valence-electron chi connectivity index (χ0n) is 8.86. The number of nitrogen functional groups attached to an aromatic ring is 1. The van der Waals surface area contributed by atoms with E-state index in [2.05, 4.69) is 37.3 Å². The molecule has 0 fully saturated rings. The van der Waals surface area contributed by atoms with Gasteiger partial charge in [0.15, 0.2) is 0 Å². The zero-order valence-corrected chi connectivity index (χ0v) is 9.68. The highest BCUT2D eigenvalue weighted by Gasteiger charge is 2.00. The number of anilines is 1. The third kappa shape index (κ3) is 2.39. The lowest BCUT2D eigenvalue weighted by molar-refractivity contribution is 0.922. The highest BCUT2D eigenvalue weighted by Crippen LogP contribution is 2.29. The predicted octanol–water partition coefficient (Wildman–Crippen LogP) is 3.95. The summed E-state index contributed by atoms with van der Waals surface area (Å²) in [5, 5.41) is 0.877. The number of aryl methyl sites for hydroxylation is 1. The van der Waals surface area contributed by atoms with Gasteiger partial charge in [-0.2, -0.15) is 0 Å². The van der Waals surface area contributed by atoms with Gasteiger partial charge in [0.1, 0.15) is 0 Å². The smallest absolute Gasteiger partial charge is 0.0862 e. The van der Waals surface area contributed by atoms with E-state index in [-0.39, 0.29) is 0 Å². The summed E-state index contributed by atoms with van der Waals surface area (Å²) in [4.78, 5) is 1.25. The van der Waals surface area contributed by atoms with Gasteiger partial charge in [0.2, 0.25) is 0 Å². The molecule has 0 aliphatic rings. The van der Waals surface area contributed by atoms with E-state index in [0.717, 1.165) is 11.4 Å². The van der Waals surface area contributed by atoms with Crippen LogP contribution < -0.4 is 5.73 Å². The molecule has 2 heteroatoms. The minimum atomic E-state index is 0.877. The Labute approximate surface area is 94.6 Å².